The predicted octanol–water partition coefficient (Wildman–Crippen LogP) is 4.20. The fourth-order valence-electron chi connectivity index (χ4n) is 1.49. The molecule has 1 heterocycles. The first-order valence-corrected chi connectivity index (χ1v) is 5.53. The van der Waals surface area contributed by atoms with E-state index in [1.54, 1.807) is 18.2 Å². The minimum Gasteiger partial charge on any atom is -0.479 e. The molecule has 0 amide bonds. The first-order valence-electron chi connectivity index (χ1n) is 4.77. The Morgan fingerprint density at radius 1 is 1.24 bits per heavy atom. The van der Waals surface area contributed by atoms with E-state index in [1.807, 2.05) is 0 Å². The Bertz CT molecular complexity index is 540. The highest BCUT2D eigenvalue weighted by Gasteiger charge is 2.12. The number of hydrogen-bond acceptors (Lipinski definition) is 2. The fourth-order valence-corrected chi connectivity index (χ4v) is 2.10. The summed E-state index contributed by atoms with van der Waals surface area (Å²) < 4.78 is 18.3. The molecule has 0 radical (unpaired) electrons. The summed E-state index contributed by atoms with van der Waals surface area (Å²) in [5.41, 5.74) is 1.07. The van der Waals surface area contributed by atoms with Gasteiger partial charge in [0, 0.05) is 27.4 Å². The summed E-state index contributed by atoms with van der Waals surface area (Å²) in [6.45, 7) is 0. The quantitative estimate of drug-likeness (QED) is 0.817. The Hall–Kier alpha value is -1.32. The molecule has 17 heavy (non-hydrogen) atoms. The zero-order valence-electron chi connectivity index (χ0n) is 8.88. The molecule has 0 aliphatic rings. The smallest absolute Gasteiger partial charge is 0.250 e. The van der Waals surface area contributed by atoms with Crippen molar-refractivity contribution in [2.45, 2.75) is 0 Å². The maximum atomic E-state index is 13.5. The Balaban J connectivity index is 2.57. The fraction of sp³-hybridized carbons (Fsp3) is 0.0833. The van der Waals surface area contributed by atoms with Crippen LogP contribution in [0.15, 0.2) is 30.5 Å². The molecule has 0 atom stereocenters. The standard InChI is InChI=1S/C12H8Cl2FNO/c1-17-12-10(15)5-7(6-16-12)11-8(13)3-2-4-9(11)14/h2-6H,1H3. The minimum atomic E-state index is -0.555. The van der Waals surface area contributed by atoms with Crippen molar-refractivity contribution < 1.29 is 9.13 Å². The molecule has 0 spiro atoms. The molecule has 2 aromatic rings. The monoisotopic (exact) mass is 271 g/mol. The van der Waals surface area contributed by atoms with Crippen LogP contribution in [0.2, 0.25) is 10.0 Å². The van der Waals surface area contributed by atoms with Crippen LogP contribution in [-0.2, 0) is 0 Å². The summed E-state index contributed by atoms with van der Waals surface area (Å²) in [5, 5.41) is 0.896. The van der Waals surface area contributed by atoms with Crippen LogP contribution in [0.25, 0.3) is 11.1 Å². The molecule has 0 aliphatic carbocycles. The van der Waals surface area contributed by atoms with E-state index in [2.05, 4.69) is 4.98 Å². The first kappa shape index (κ1) is 12.1. The van der Waals surface area contributed by atoms with Crippen molar-refractivity contribution in [1.29, 1.82) is 0 Å². The molecular weight excluding hydrogens is 264 g/mol. The molecule has 1 aromatic carbocycles. The molecule has 0 bridgehead atoms. The number of hydrogen-bond donors (Lipinski definition) is 0. The zero-order chi connectivity index (χ0) is 12.4. The van der Waals surface area contributed by atoms with Crippen LogP contribution < -0.4 is 4.74 Å². The van der Waals surface area contributed by atoms with Crippen molar-refractivity contribution in [3.05, 3.63) is 46.3 Å². The van der Waals surface area contributed by atoms with Crippen molar-refractivity contribution >= 4 is 23.2 Å². The molecule has 0 saturated heterocycles. The van der Waals surface area contributed by atoms with E-state index in [0.29, 0.717) is 21.2 Å². The van der Waals surface area contributed by atoms with Crippen molar-refractivity contribution in [2.24, 2.45) is 0 Å². The lowest BCUT2D eigenvalue weighted by Crippen LogP contribution is -1.93. The van der Waals surface area contributed by atoms with Gasteiger partial charge in [0.25, 0.3) is 0 Å². The number of pyridine rings is 1. The third kappa shape index (κ3) is 2.35. The van der Waals surface area contributed by atoms with E-state index in [4.69, 9.17) is 27.9 Å². The van der Waals surface area contributed by atoms with Gasteiger partial charge in [-0.2, -0.15) is 0 Å². The lowest BCUT2D eigenvalue weighted by Gasteiger charge is -2.08. The summed E-state index contributed by atoms with van der Waals surface area (Å²) in [7, 11) is 1.35. The second-order valence-corrected chi connectivity index (χ2v) is 4.13. The lowest BCUT2D eigenvalue weighted by molar-refractivity contribution is 0.369. The third-order valence-corrected chi connectivity index (χ3v) is 2.88. The van der Waals surface area contributed by atoms with Gasteiger partial charge in [-0.1, -0.05) is 29.3 Å². The molecule has 5 heteroatoms. The molecule has 0 unspecified atom stereocenters. The molecule has 88 valence electrons. The van der Waals surface area contributed by atoms with Gasteiger partial charge >= 0.3 is 0 Å². The number of aromatic nitrogens is 1. The summed E-state index contributed by atoms with van der Waals surface area (Å²) >= 11 is 12.0. The van der Waals surface area contributed by atoms with E-state index in [-0.39, 0.29) is 5.88 Å². The average Bonchev–Trinajstić information content (AvgIpc) is 2.29. The summed E-state index contributed by atoms with van der Waals surface area (Å²) in [5.74, 6) is -0.613. The van der Waals surface area contributed by atoms with Crippen molar-refractivity contribution in [3.63, 3.8) is 0 Å². The first-order chi connectivity index (χ1) is 8.13. The Kier molecular flexibility index (Phi) is 3.50. The minimum absolute atomic E-state index is 0.0584. The van der Waals surface area contributed by atoms with E-state index in [1.165, 1.54) is 19.4 Å². The Morgan fingerprint density at radius 3 is 2.41 bits per heavy atom. The van der Waals surface area contributed by atoms with E-state index in [9.17, 15) is 4.39 Å². The normalized spacial score (nSPS) is 10.4. The van der Waals surface area contributed by atoms with Gasteiger partial charge in [0.05, 0.1) is 7.11 Å². The van der Waals surface area contributed by atoms with Gasteiger partial charge in [-0.25, -0.2) is 9.37 Å². The van der Waals surface area contributed by atoms with Gasteiger partial charge in [0.1, 0.15) is 0 Å². The highest BCUT2D eigenvalue weighted by molar-refractivity contribution is 6.39. The summed E-state index contributed by atoms with van der Waals surface area (Å²) in [6.07, 6.45) is 1.47. The van der Waals surface area contributed by atoms with Crippen LogP contribution in [0.3, 0.4) is 0 Å². The number of benzene rings is 1. The van der Waals surface area contributed by atoms with E-state index < -0.39 is 5.82 Å². The second-order valence-electron chi connectivity index (χ2n) is 3.31. The average molecular weight is 272 g/mol. The van der Waals surface area contributed by atoms with Gasteiger partial charge in [-0.3, -0.25) is 0 Å². The number of rotatable bonds is 2. The zero-order valence-corrected chi connectivity index (χ0v) is 10.4. The molecule has 0 fully saturated rings. The van der Waals surface area contributed by atoms with Crippen molar-refractivity contribution in [2.75, 3.05) is 7.11 Å². The second kappa shape index (κ2) is 4.90. The molecule has 2 nitrogen and oxygen atoms in total. The van der Waals surface area contributed by atoms with E-state index >= 15 is 0 Å². The third-order valence-electron chi connectivity index (χ3n) is 2.25. The Morgan fingerprint density at radius 2 is 1.88 bits per heavy atom. The van der Waals surface area contributed by atoms with Crippen LogP contribution in [0.4, 0.5) is 4.39 Å². The Labute approximate surface area is 108 Å². The van der Waals surface area contributed by atoms with Gasteiger partial charge < -0.3 is 4.74 Å². The highest BCUT2D eigenvalue weighted by atomic mass is 35.5. The summed E-state index contributed by atoms with van der Waals surface area (Å²) in [6, 6.07) is 6.39. The predicted molar refractivity (Wildman–Crippen MR) is 66.2 cm³/mol. The molecule has 2 rings (SSSR count). The maximum absolute atomic E-state index is 13.5. The van der Waals surface area contributed by atoms with Crippen LogP contribution in [-0.4, -0.2) is 12.1 Å². The van der Waals surface area contributed by atoms with Gasteiger partial charge in [-0.15, -0.1) is 0 Å². The molecule has 1 aromatic heterocycles. The molecule has 0 aliphatic heterocycles. The number of nitrogens with zero attached hydrogens (tertiary/aromatic N) is 1. The van der Waals surface area contributed by atoms with Gasteiger partial charge in [-0.05, 0) is 18.2 Å². The number of halogens is 3. The maximum Gasteiger partial charge on any atom is 0.250 e. The summed E-state index contributed by atoms with van der Waals surface area (Å²) in [4.78, 5) is 3.84. The van der Waals surface area contributed by atoms with Crippen LogP contribution in [0.1, 0.15) is 0 Å². The van der Waals surface area contributed by atoms with Crippen LogP contribution in [0, 0.1) is 5.82 Å². The van der Waals surface area contributed by atoms with Crippen molar-refractivity contribution in [1.82, 2.24) is 4.98 Å². The number of methoxy groups -OCH3 is 1. The largest absolute Gasteiger partial charge is 0.479 e. The van der Waals surface area contributed by atoms with Crippen LogP contribution in [0.5, 0.6) is 5.88 Å². The molecule has 0 N–H and O–H groups in total. The topological polar surface area (TPSA) is 22.1 Å². The highest BCUT2D eigenvalue weighted by Crippen LogP contribution is 2.35. The molecular formula is C12H8Cl2FNO. The van der Waals surface area contributed by atoms with E-state index in [0.717, 1.165) is 0 Å². The van der Waals surface area contributed by atoms with Gasteiger partial charge in [0.2, 0.25) is 5.88 Å². The van der Waals surface area contributed by atoms with Crippen LogP contribution >= 0.6 is 23.2 Å². The van der Waals surface area contributed by atoms with Crippen molar-refractivity contribution in [3.8, 4) is 17.0 Å². The number of ether oxygens (including phenoxy) is 1. The molecule has 0 saturated carbocycles. The SMILES string of the molecule is COc1ncc(-c2c(Cl)cccc2Cl)cc1F. The van der Waals surface area contributed by atoms with Gasteiger partial charge in [0.15, 0.2) is 5.82 Å². The lowest BCUT2D eigenvalue weighted by atomic mass is 10.1.